The molecule has 1 saturated heterocycles. The fourth-order valence-electron chi connectivity index (χ4n) is 2.56. The first-order valence-corrected chi connectivity index (χ1v) is 6.88. The molecule has 1 aromatic carbocycles. The Balaban J connectivity index is 2.05. The molecular formula is C16H25NO. The van der Waals surface area contributed by atoms with Gasteiger partial charge in [-0.3, -0.25) is 0 Å². The van der Waals surface area contributed by atoms with E-state index in [9.17, 15) is 0 Å². The van der Waals surface area contributed by atoms with E-state index in [1.165, 1.54) is 11.1 Å². The van der Waals surface area contributed by atoms with Gasteiger partial charge in [0.1, 0.15) is 0 Å². The first-order chi connectivity index (χ1) is 8.47. The summed E-state index contributed by atoms with van der Waals surface area (Å²) < 4.78 is 6.01. The van der Waals surface area contributed by atoms with Gasteiger partial charge in [-0.1, -0.05) is 50.6 Å². The summed E-state index contributed by atoms with van der Waals surface area (Å²) in [5, 5.41) is 3.66. The third-order valence-electron chi connectivity index (χ3n) is 3.73. The van der Waals surface area contributed by atoms with Gasteiger partial charge < -0.3 is 10.1 Å². The smallest absolute Gasteiger partial charge is 0.0949 e. The van der Waals surface area contributed by atoms with Crippen molar-refractivity contribution < 1.29 is 4.74 Å². The standard InChI is InChI=1S/C16H25NO/c1-12-6-5-7-13(10-12)14-11-17-15(8-9-18-14)16(2,3)4/h5-7,10,14-15,17H,8-9,11H2,1-4H3. The van der Waals surface area contributed by atoms with E-state index in [1.807, 2.05) is 0 Å². The number of ether oxygens (including phenoxy) is 1. The van der Waals surface area contributed by atoms with Crippen LogP contribution in [0, 0.1) is 12.3 Å². The zero-order chi connectivity index (χ0) is 13.2. The van der Waals surface area contributed by atoms with Crippen molar-refractivity contribution in [2.75, 3.05) is 13.2 Å². The second-order valence-corrected chi connectivity index (χ2v) is 6.39. The van der Waals surface area contributed by atoms with Crippen molar-refractivity contribution in [3.05, 3.63) is 35.4 Å². The number of hydrogen-bond acceptors (Lipinski definition) is 2. The molecule has 2 unspecified atom stereocenters. The molecule has 1 fully saturated rings. The van der Waals surface area contributed by atoms with Crippen LogP contribution in [0.3, 0.4) is 0 Å². The largest absolute Gasteiger partial charge is 0.372 e. The number of rotatable bonds is 1. The predicted molar refractivity (Wildman–Crippen MR) is 75.7 cm³/mol. The molecule has 1 N–H and O–H groups in total. The normalized spacial score (nSPS) is 25.8. The van der Waals surface area contributed by atoms with Crippen molar-refractivity contribution >= 4 is 0 Å². The molecule has 2 nitrogen and oxygen atoms in total. The van der Waals surface area contributed by atoms with Gasteiger partial charge in [0.05, 0.1) is 6.10 Å². The summed E-state index contributed by atoms with van der Waals surface area (Å²) in [6, 6.07) is 9.17. The highest BCUT2D eigenvalue weighted by Gasteiger charge is 2.28. The molecule has 0 spiro atoms. The van der Waals surface area contributed by atoms with E-state index >= 15 is 0 Å². The lowest BCUT2D eigenvalue weighted by molar-refractivity contribution is 0.0653. The van der Waals surface area contributed by atoms with Crippen LogP contribution in [-0.2, 0) is 4.74 Å². The van der Waals surface area contributed by atoms with Crippen LogP contribution in [0.4, 0.5) is 0 Å². The quantitative estimate of drug-likeness (QED) is 0.820. The van der Waals surface area contributed by atoms with Crippen molar-refractivity contribution in [1.29, 1.82) is 0 Å². The molecule has 2 rings (SSSR count). The Morgan fingerprint density at radius 3 is 2.72 bits per heavy atom. The highest BCUT2D eigenvalue weighted by Crippen LogP contribution is 2.27. The number of benzene rings is 1. The summed E-state index contributed by atoms with van der Waals surface area (Å²) in [7, 11) is 0. The van der Waals surface area contributed by atoms with Gasteiger partial charge in [0, 0.05) is 19.2 Å². The highest BCUT2D eigenvalue weighted by molar-refractivity contribution is 5.24. The maximum Gasteiger partial charge on any atom is 0.0949 e. The SMILES string of the molecule is Cc1cccc(C2CNC(C(C)(C)C)CCO2)c1. The van der Waals surface area contributed by atoms with Crippen LogP contribution in [-0.4, -0.2) is 19.2 Å². The van der Waals surface area contributed by atoms with Gasteiger partial charge in [0.25, 0.3) is 0 Å². The van der Waals surface area contributed by atoms with Crippen LogP contribution in [0.5, 0.6) is 0 Å². The Morgan fingerprint density at radius 2 is 2.06 bits per heavy atom. The third-order valence-corrected chi connectivity index (χ3v) is 3.73. The lowest BCUT2D eigenvalue weighted by atomic mass is 9.85. The topological polar surface area (TPSA) is 21.3 Å². The van der Waals surface area contributed by atoms with Gasteiger partial charge in [-0.15, -0.1) is 0 Å². The van der Waals surface area contributed by atoms with E-state index in [2.05, 4.69) is 57.3 Å². The summed E-state index contributed by atoms with van der Waals surface area (Å²) in [6.45, 7) is 10.7. The molecule has 0 saturated carbocycles. The average molecular weight is 247 g/mol. The monoisotopic (exact) mass is 247 g/mol. The molecule has 0 radical (unpaired) electrons. The molecule has 100 valence electrons. The van der Waals surface area contributed by atoms with Crippen molar-refractivity contribution in [2.45, 2.75) is 46.3 Å². The van der Waals surface area contributed by atoms with E-state index < -0.39 is 0 Å². The summed E-state index contributed by atoms with van der Waals surface area (Å²) in [5.74, 6) is 0. The van der Waals surface area contributed by atoms with Crippen molar-refractivity contribution in [3.63, 3.8) is 0 Å². The number of nitrogens with one attached hydrogen (secondary N) is 1. The van der Waals surface area contributed by atoms with Crippen LogP contribution in [0.2, 0.25) is 0 Å². The molecule has 2 atom stereocenters. The molecule has 2 heteroatoms. The van der Waals surface area contributed by atoms with Gasteiger partial charge in [-0.2, -0.15) is 0 Å². The van der Waals surface area contributed by atoms with Crippen LogP contribution in [0.25, 0.3) is 0 Å². The molecule has 1 heterocycles. The van der Waals surface area contributed by atoms with Gasteiger partial charge in [-0.25, -0.2) is 0 Å². The van der Waals surface area contributed by atoms with Gasteiger partial charge in [-0.05, 0) is 24.3 Å². The second-order valence-electron chi connectivity index (χ2n) is 6.39. The number of aryl methyl sites for hydroxylation is 1. The van der Waals surface area contributed by atoms with E-state index in [1.54, 1.807) is 0 Å². The summed E-state index contributed by atoms with van der Waals surface area (Å²) >= 11 is 0. The van der Waals surface area contributed by atoms with Gasteiger partial charge in [0.2, 0.25) is 0 Å². The molecule has 0 bridgehead atoms. The van der Waals surface area contributed by atoms with Crippen LogP contribution in [0.1, 0.15) is 44.4 Å². The first-order valence-electron chi connectivity index (χ1n) is 6.88. The lowest BCUT2D eigenvalue weighted by Gasteiger charge is -2.30. The van der Waals surface area contributed by atoms with E-state index in [-0.39, 0.29) is 6.10 Å². The minimum atomic E-state index is 0.192. The van der Waals surface area contributed by atoms with Gasteiger partial charge in [0.15, 0.2) is 0 Å². The lowest BCUT2D eigenvalue weighted by Crippen LogP contribution is -2.40. The second kappa shape index (κ2) is 5.41. The Bertz CT molecular complexity index is 394. The molecule has 0 aliphatic carbocycles. The Hall–Kier alpha value is -0.860. The highest BCUT2D eigenvalue weighted by atomic mass is 16.5. The molecular weight excluding hydrogens is 222 g/mol. The predicted octanol–water partition coefficient (Wildman–Crippen LogP) is 3.46. The summed E-state index contributed by atoms with van der Waals surface area (Å²) in [5.41, 5.74) is 2.88. The molecule has 1 aliphatic rings. The van der Waals surface area contributed by atoms with Crippen molar-refractivity contribution in [1.82, 2.24) is 5.32 Å². The Morgan fingerprint density at radius 1 is 1.28 bits per heavy atom. The summed E-state index contributed by atoms with van der Waals surface area (Å²) in [4.78, 5) is 0. The van der Waals surface area contributed by atoms with Crippen molar-refractivity contribution in [3.8, 4) is 0 Å². The van der Waals surface area contributed by atoms with E-state index in [0.29, 0.717) is 11.5 Å². The maximum atomic E-state index is 6.01. The number of hydrogen-bond donors (Lipinski definition) is 1. The molecule has 18 heavy (non-hydrogen) atoms. The van der Waals surface area contributed by atoms with Crippen LogP contribution >= 0.6 is 0 Å². The summed E-state index contributed by atoms with van der Waals surface area (Å²) in [6.07, 6.45) is 1.28. The molecule has 0 aromatic heterocycles. The van der Waals surface area contributed by atoms with Crippen LogP contribution < -0.4 is 5.32 Å². The maximum absolute atomic E-state index is 6.01. The fraction of sp³-hybridized carbons (Fsp3) is 0.625. The minimum absolute atomic E-state index is 0.192. The average Bonchev–Trinajstić information content (AvgIpc) is 2.53. The Labute approximate surface area is 111 Å². The third kappa shape index (κ3) is 3.33. The molecule has 1 aliphatic heterocycles. The van der Waals surface area contributed by atoms with E-state index in [4.69, 9.17) is 4.74 Å². The molecule has 1 aromatic rings. The van der Waals surface area contributed by atoms with Crippen molar-refractivity contribution in [2.24, 2.45) is 5.41 Å². The zero-order valence-electron chi connectivity index (χ0n) is 12.0. The molecule has 0 amide bonds. The zero-order valence-corrected chi connectivity index (χ0v) is 12.0. The van der Waals surface area contributed by atoms with Gasteiger partial charge >= 0.3 is 0 Å². The van der Waals surface area contributed by atoms with E-state index in [0.717, 1.165) is 19.6 Å². The Kier molecular flexibility index (Phi) is 4.08. The first kappa shape index (κ1) is 13.6. The minimum Gasteiger partial charge on any atom is -0.372 e. The van der Waals surface area contributed by atoms with Crippen LogP contribution in [0.15, 0.2) is 24.3 Å². The fourth-order valence-corrected chi connectivity index (χ4v) is 2.56.